The number of nitriles is 1. The van der Waals surface area contributed by atoms with Crippen LogP contribution in [0.2, 0.25) is 0 Å². The number of hydrogen-bond donors (Lipinski definition) is 2. The maximum atomic E-state index is 13.9. The van der Waals surface area contributed by atoms with Crippen LogP contribution in [-0.4, -0.2) is 38.3 Å². The first-order valence-electron chi connectivity index (χ1n) is 14.2. The van der Waals surface area contributed by atoms with Crippen molar-refractivity contribution in [3.8, 4) is 17.5 Å². The topological polar surface area (TPSA) is 129 Å². The molecular formula is C32H46N4O4. The molecule has 1 aromatic heterocycles. The fourth-order valence-corrected chi connectivity index (χ4v) is 5.92. The van der Waals surface area contributed by atoms with E-state index in [4.69, 9.17) is 4.74 Å². The average molecular weight is 551 g/mol. The van der Waals surface area contributed by atoms with Crippen LogP contribution in [0, 0.1) is 45.8 Å². The molecule has 1 aliphatic carbocycles. The molecule has 0 saturated heterocycles. The van der Waals surface area contributed by atoms with Gasteiger partial charge in [-0.2, -0.15) is 10.4 Å². The van der Waals surface area contributed by atoms with Crippen molar-refractivity contribution in [3.63, 3.8) is 0 Å². The summed E-state index contributed by atoms with van der Waals surface area (Å²) < 4.78 is 6.29. The van der Waals surface area contributed by atoms with Crippen LogP contribution in [0.25, 0.3) is 11.4 Å². The highest BCUT2D eigenvalue weighted by atomic mass is 16.5. The van der Waals surface area contributed by atoms with Crippen molar-refractivity contribution in [2.75, 3.05) is 0 Å². The molecule has 2 aromatic rings. The van der Waals surface area contributed by atoms with Gasteiger partial charge in [0.2, 0.25) is 0 Å². The zero-order valence-electron chi connectivity index (χ0n) is 25.7. The molecule has 1 saturated carbocycles. The molecule has 0 radical (unpaired) electrons. The zero-order chi connectivity index (χ0) is 30.2. The van der Waals surface area contributed by atoms with Crippen LogP contribution in [-0.2, 0) is 19.7 Å². The van der Waals surface area contributed by atoms with E-state index in [0.717, 1.165) is 18.4 Å². The quantitative estimate of drug-likeness (QED) is 0.381. The summed E-state index contributed by atoms with van der Waals surface area (Å²) in [6.45, 7) is 21.5. The largest absolute Gasteiger partial charge is 0.480 e. The van der Waals surface area contributed by atoms with Crippen molar-refractivity contribution in [1.29, 1.82) is 5.26 Å². The van der Waals surface area contributed by atoms with Crippen LogP contribution < -0.4 is 0 Å². The molecule has 3 rings (SSSR count). The van der Waals surface area contributed by atoms with Gasteiger partial charge in [0, 0.05) is 17.4 Å². The first kappa shape index (κ1) is 31.3. The Labute approximate surface area is 238 Å². The van der Waals surface area contributed by atoms with Crippen LogP contribution in [0.4, 0.5) is 0 Å². The second-order valence-corrected chi connectivity index (χ2v) is 14.7. The number of nitrogens with zero attached hydrogens (tertiary/aromatic N) is 3. The molecule has 8 nitrogen and oxygen atoms in total. The lowest BCUT2D eigenvalue weighted by molar-refractivity contribution is -0.174. The Hall–Kier alpha value is -3.21. The minimum absolute atomic E-state index is 0.0117. The maximum Gasteiger partial charge on any atom is 0.322 e. The lowest BCUT2D eigenvalue weighted by atomic mass is 9.59. The SMILES string of the molecule is CC1CC(C(C)(C)C)C(OC(=O)C(c2nc(-c3ccc(C(C)(C)C)cc3)n[nH]2)C(C#N)C(=O)O)C(C(C)(C)C)C1. The van der Waals surface area contributed by atoms with E-state index in [-0.39, 0.29) is 33.9 Å². The first-order valence-corrected chi connectivity index (χ1v) is 14.2. The number of benzene rings is 1. The number of carboxylic acids is 1. The van der Waals surface area contributed by atoms with Gasteiger partial charge in [0.25, 0.3) is 0 Å². The number of carboxylic acid groups (broad SMARTS) is 1. The van der Waals surface area contributed by atoms with E-state index in [9.17, 15) is 20.0 Å². The van der Waals surface area contributed by atoms with Gasteiger partial charge in [0.05, 0.1) is 6.07 Å². The lowest BCUT2D eigenvalue weighted by Gasteiger charge is -2.50. The van der Waals surface area contributed by atoms with E-state index < -0.39 is 29.9 Å². The number of H-pyrrole nitrogens is 1. The monoisotopic (exact) mass is 550 g/mol. The van der Waals surface area contributed by atoms with E-state index in [1.807, 2.05) is 24.3 Å². The van der Waals surface area contributed by atoms with Crippen molar-refractivity contribution in [2.24, 2.45) is 34.5 Å². The highest BCUT2D eigenvalue weighted by Gasteiger charge is 2.50. The van der Waals surface area contributed by atoms with Gasteiger partial charge in [-0.3, -0.25) is 14.7 Å². The third kappa shape index (κ3) is 6.92. The molecule has 0 amide bonds. The van der Waals surface area contributed by atoms with E-state index in [1.54, 1.807) is 6.07 Å². The Kier molecular flexibility index (Phi) is 8.88. The molecule has 4 atom stereocenters. The van der Waals surface area contributed by atoms with Gasteiger partial charge < -0.3 is 9.84 Å². The summed E-state index contributed by atoms with van der Waals surface area (Å²) in [4.78, 5) is 30.6. The second kappa shape index (κ2) is 11.3. The smallest absolute Gasteiger partial charge is 0.322 e. The van der Waals surface area contributed by atoms with Gasteiger partial charge in [0.1, 0.15) is 17.8 Å². The van der Waals surface area contributed by atoms with Gasteiger partial charge in [-0.1, -0.05) is 93.5 Å². The van der Waals surface area contributed by atoms with Crippen molar-refractivity contribution in [2.45, 2.75) is 99.5 Å². The summed E-state index contributed by atoms with van der Waals surface area (Å²) >= 11 is 0. The number of hydrogen-bond acceptors (Lipinski definition) is 6. The molecule has 1 aromatic carbocycles. The summed E-state index contributed by atoms with van der Waals surface area (Å²) in [7, 11) is 0. The van der Waals surface area contributed by atoms with Crippen LogP contribution >= 0.6 is 0 Å². The normalized spacial score (nSPS) is 23.6. The highest BCUT2D eigenvalue weighted by molar-refractivity contribution is 5.86. The zero-order valence-corrected chi connectivity index (χ0v) is 25.7. The molecule has 1 fully saturated rings. The molecule has 8 heteroatoms. The predicted octanol–water partition coefficient (Wildman–Crippen LogP) is 6.74. The number of rotatable bonds is 6. The van der Waals surface area contributed by atoms with Gasteiger partial charge in [-0.05, 0) is 40.6 Å². The van der Waals surface area contributed by atoms with Crippen LogP contribution in [0.5, 0.6) is 0 Å². The predicted molar refractivity (Wildman–Crippen MR) is 154 cm³/mol. The standard InChI is InChI=1S/C32H46N4O4/c1-18-15-22(31(5,6)7)25(23(16-18)32(8,9)10)40-29(39)24(21(17-33)28(37)38)27-34-26(35-36-27)19-11-13-20(14-12-19)30(2,3)4/h11-14,18,21-25H,15-16H2,1-10H3,(H,37,38)(H,34,35,36). The fraction of sp³-hybridized carbons (Fsp3) is 0.656. The number of carbonyl (C=O) groups excluding carboxylic acids is 1. The second-order valence-electron chi connectivity index (χ2n) is 14.7. The minimum Gasteiger partial charge on any atom is -0.480 e. The van der Waals surface area contributed by atoms with E-state index in [0.29, 0.717) is 17.3 Å². The lowest BCUT2D eigenvalue weighted by Crippen LogP contribution is -2.50. The first-order chi connectivity index (χ1) is 18.3. The van der Waals surface area contributed by atoms with Crippen molar-refractivity contribution >= 4 is 11.9 Å². The summed E-state index contributed by atoms with van der Waals surface area (Å²) in [5, 5.41) is 26.7. The third-order valence-electron chi connectivity index (χ3n) is 8.38. The number of ether oxygens (including phenoxy) is 1. The van der Waals surface area contributed by atoms with Crippen LogP contribution in [0.15, 0.2) is 24.3 Å². The molecule has 1 aliphatic rings. The van der Waals surface area contributed by atoms with Crippen molar-refractivity contribution < 1.29 is 19.4 Å². The number of aromatic amines is 1. The molecule has 0 aliphatic heterocycles. The molecule has 40 heavy (non-hydrogen) atoms. The molecule has 4 unspecified atom stereocenters. The highest BCUT2D eigenvalue weighted by Crippen LogP contribution is 2.50. The Morgan fingerprint density at radius 1 is 1.00 bits per heavy atom. The summed E-state index contributed by atoms with van der Waals surface area (Å²) in [6, 6.07) is 9.57. The maximum absolute atomic E-state index is 13.9. The minimum atomic E-state index is -1.68. The summed E-state index contributed by atoms with van der Waals surface area (Å²) in [5.74, 6) is -4.36. The number of aromatic nitrogens is 3. The number of esters is 1. The number of carbonyl (C=O) groups is 2. The molecule has 0 spiro atoms. The van der Waals surface area contributed by atoms with Gasteiger partial charge in [-0.15, -0.1) is 0 Å². The third-order valence-corrected chi connectivity index (χ3v) is 8.38. The summed E-state index contributed by atoms with van der Waals surface area (Å²) in [5.41, 5.74) is 1.56. The molecule has 2 N–H and O–H groups in total. The molecule has 1 heterocycles. The van der Waals surface area contributed by atoms with E-state index >= 15 is 0 Å². The van der Waals surface area contributed by atoms with E-state index in [1.165, 1.54) is 0 Å². The Balaban J connectivity index is 2.01. The van der Waals surface area contributed by atoms with Crippen molar-refractivity contribution in [1.82, 2.24) is 15.2 Å². The van der Waals surface area contributed by atoms with Gasteiger partial charge in [0.15, 0.2) is 11.7 Å². The van der Waals surface area contributed by atoms with Crippen molar-refractivity contribution in [3.05, 3.63) is 35.7 Å². The average Bonchev–Trinajstić information content (AvgIpc) is 3.30. The molecule has 0 bridgehead atoms. The number of aliphatic carboxylic acids is 1. The van der Waals surface area contributed by atoms with E-state index in [2.05, 4.69) is 84.4 Å². The Bertz CT molecular complexity index is 1210. The van der Waals surface area contributed by atoms with Crippen LogP contribution in [0.1, 0.15) is 99.4 Å². The Morgan fingerprint density at radius 2 is 1.52 bits per heavy atom. The molecule has 218 valence electrons. The van der Waals surface area contributed by atoms with Crippen LogP contribution in [0.3, 0.4) is 0 Å². The van der Waals surface area contributed by atoms with Gasteiger partial charge >= 0.3 is 11.9 Å². The fourth-order valence-electron chi connectivity index (χ4n) is 5.92. The van der Waals surface area contributed by atoms with Gasteiger partial charge in [-0.25, -0.2) is 4.98 Å². The number of nitrogens with one attached hydrogen (secondary N) is 1. The summed E-state index contributed by atoms with van der Waals surface area (Å²) in [6.07, 6.45) is 1.37. The Morgan fingerprint density at radius 3 is 1.95 bits per heavy atom. The molecular weight excluding hydrogens is 504 g/mol.